The Kier molecular flexibility index (Phi) is 10.8. The standard InChI is InChI=1S/C28H40N2O5/c1-4-7-16-33-19-21-13-14-30(28(32)35-15-6-3)25(18-26(21)31)27-22-11-9-10-12-23(22)29-24(27)20-34-17-8-5-2/h6,9-12,21,25,29H,3-5,7-8,13-20H2,1-2H3/t21-,25-/m0/s1. The van der Waals surface area contributed by atoms with Gasteiger partial charge in [-0.15, -0.1) is 0 Å². The number of unbranched alkanes of at least 4 members (excludes halogenated alkanes) is 2. The first-order chi connectivity index (χ1) is 17.1. The molecule has 0 spiro atoms. The van der Waals surface area contributed by atoms with E-state index in [9.17, 15) is 9.59 Å². The lowest BCUT2D eigenvalue weighted by Gasteiger charge is -2.29. The molecule has 1 N–H and O–H groups in total. The summed E-state index contributed by atoms with van der Waals surface area (Å²) < 4.78 is 17.2. The number of para-hydroxylation sites is 1. The molecule has 2 heterocycles. The summed E-state index contributed by atoms with van der Waals surface area (Å²) in [5.41, 5.74) is 2.81. The van der Waals surface area contributed by atoms with Crippen LogP contribution in [0, 0.1) is 5.92 Å². The van der Waals surface area contributed by atoms with E-state index in [4.69, 9.17) is 14.2 Å². The van der Waals surface area contributed by atoms with Gasteiger partial charge in [-0.25, -0.2) is 4.79 Å². The number of H-pyrrole nitrogens is 1. The van der Waals surface area contributed by atoms with Crippen molar-refractivity contribution in [2.75, 3.05) is 33.0 Å². The lowest BCUT2D eigenvalue weighted by atomic mass is 9.93. The molecule has 1 saturated heterocycles. The van der Waals surface area contributed by atoms with Crippen LogP contribution in [0.1, 0.15) is 69.7 Å². The fourth-order valence-corrected chi connectivity index (χ4v) is 4.55. The second-order valence-electron chi connectivity index (χ2n) is 9.13. The molecular formula is C28H40N2O5. The Morgan fingerprint density at radius 3 is 2.66 bits per heavy atom. The summed E-state index contributed by atoms with van der Waals surface area (Å²) in [5, 5.41) is 0.999. The van der Waals surface area contributed by atoms with Crippen molar-refractivity contribution in [3.8, 4) is 0 Å². The van der Waals surface area contributed by atoms with Gasteiger partial charge < -0.3 is 24.1 Å². The first kappa shape index (κ1) is 27.0. The molecule has 1 fully saturated rings. The molecule has 0 saturated carbocycles. The van der Waals surface area contributed by atoms with E-state index in [2.05, 4.69) is 25.4 Å². The average molecular weight is 485 g/mol. The molecule has 35 heavy (non-hydrogen) atoms. The summed E-state index contributed by atoms with van der Waals surface area (Å²) in [6, 6.07) is 7.55. The largest absolute Gasteiger partial charge is 0.445 e. The number of hydrogen-bond acceptors (Lipinski definition) is 5. The van der Waals surface area contributed by atoms with Crippen molar-refractivity contribution in [3.05, 3.63) is 48.2 Å². The number of nitrogens with zero attached hydrogens (tertiary/aromatic N) is 1. The lowest BCUT2D eigenvalue weighted by molar-refractivity contribution is -0.125. The van der Waals surface area contributed by atoms with Gasteiger partial charge in [-0.05, 0) is 25.3 Å². The highest BCUT2D eigenvalue weighted by molar-refractivity contribution is 5.88. The molecule has 3 rings (SSSR count). The summed E-state index contributed by atoms with van der Waals surface area (Å²) in [4.78, 5) is 31.7. The Morgan fingerprint density at radius 1 is 1.17 bits per heavy atom. The van der Waals surface area contributed by atoms with Crippen LogP contribution in [0.5, 0.6) is 0 Å². The lowest BCUT2D eigenvalue weighted by Crippen LogP contribution is -2.36. The van der Waals surface area contributed by atoms with Crippen molar-refractivity contribution in [2.45, 2.75) is 65.0 Å². The Hall–Kier alpha value is -2.64. The minimum atomic E-state index is -0.443. The number of carbonyl (C=O) groups excluding carboxylic acids is 2. The topological polar surface area (TPSA) is 80.9 Å². The molecule has 0 unspecified atom stereocenters. The van der Waals surface area contributed by atoms with Crippen molar-refractivity contribution >= 4 is 22.8 Å². The van der Waals surface area contributed by atoms with Gasteiger partial charge in [0.05, 0.1) is 19.3 Å². The van der Waals surface area contributed by atoms with Gasteiger partial charge in [0.2, 0.25) is 0 Å². The van der Waals surface area contributed by atoms with E-state index in [1.165, 1.54) is 0 Å². The molecule has 1 amide bonds. The van der Waals surface area contributed by atoms with Crippen molar-refractivity contribution in [2.24, 2.45) is 5.92 Å². The first-order valence-corrected chi connectivity index (χ1v) is 12.9. The third kappa shape index (κ3) is 7.18. The zero-order valence-corrected chi connectivity index (χ0v) is 21.2. The smallest absolute Gasteiger partial charge is 0.410 e. The van der Waals surface area contributed by atoms with Crippen molar-refractivity contribution < 1.29 is 23.8 Å². The van der Waals surface area contributed by atoms with E-state index in [1.807, 2.05) is 24.3 Å². The summed E-state index contributed by atoms with van der Waals surface area (Å²) in [5.74, 6) is -0.116. The van der Waals surface area contributed by atoms with E-state index < -0.39 is 12.1 Å². The minimum Gasteiger partial charge on any atom is -0.445 e. The summed E-state index contributed by atoms with van der Waals surface area (Å²) in [6.45, 7) is 10.5. The number of amides is 1. The highest BCUT2D eigenvalue weighted by atomic mass is 16.6. The van der Waals surface area contributed by atoms with Crippen LogP contribution in [0.3, 0.4) is 0 Å². The molecule has 1 aromatic carbocycles. The van der Waals surface area contributed by atoms with Crippen LogP contribution in [-0.2, 0) is 25.6 Å². The molecular weight excluding hydrogens is 444 g/mol. The maximum Gasteiger partial charge on any atom is 0.410 e. The molecule has 2 aromatic rings. The van der Waals surface area contributed by atoms with Crippen LogP contribution in [0.25, 0.3) is 10.9 Å². The molecule has 7 nitrogen and oxygen atoms in total. The maximum absolute atomic E-state index is 13.4. The van der Waals surface area contributed by atoms with Gasteiger partial charge in [-0.2, -0.15) is 0 Å². The number of ketones is 1. The van der Waals surface area contributed by atoms with Gasteiger partial charge in [0.25, 0.3) is 0 Å². The number of ether oxygens (including phenoxy) is 3. The van der Waals surface area contributed by atoms with E-state index in [0.29, 0.717) is 39.4 Å². The van der Waals surface area contributed by atoms with Crippen LogP contribution in [0.15, 0.2) is 36.9 Å². The molecule has 0 bridgehead atoms. The fourth-order valence-electron chi connectivity index (χ4n) is 4.55. The average Bonchev–Trinajstić information content (AvgIpc) is 3.15. The minimum absolute atomic E-state index is 0.119. The van der Waals surface area contributed by atoms with E-state index in [0.717, 1.165) is 47.8 Å². The van der Waals surface area contributed by atoms with Crippen LogP contribution in [0.4, 0.5) is 4.79 Å². The van der Waals surface area contributed by atoms with Crippen molar-refractivity contribution in [1.29, 1.82) is 0 Å². The van der Waals surface area contributed by atoms with Gasteiger partial charge in [0, 0.05) is 54.3 Å². The van der Waals surface area contributed by atoms with E-state index in [1.54, 1.807) is 11.0 Å². The number of hydrogen-bond donors (Lipinski definition) is 1. The number of rotatable bonds is 13. The number of aromatic amines is 1. The Balaban J connectivity index is 1.93. The Bertz CT molecular complexity index is 969. The molecule has 1 aromatic heterocycles. The van der Waals surface area contributed by atoms with Crippen LogP contribution in [-0.4, -0.2) is 54.7 Å². The van der Waals surface area contributed by atoms with Crippen LogP contribution < -0.4 is 0 Å². The molecule has 0 aliphatic carbocycles. The van der Waals surface area contributed by atoms with Crippen molar-refractivity contribution in [1.82, 2.24) is 9.88 Å². The summed E-state index contributed by atoms with van der Waals surface area (Å²) >= 11 is 0. The SMILES string of the molecule is C=CCOC(=O)N1CC[C@@H](COCCCC)C(=O)C[C@H]1c1c(COCCCC)[nH]c2ccccc12. The van der Waals surface area contributed by atoms with E-state index >= 15 is 0 Å². The molecule has 2 atom stereocenters. The number of fused-ring (bicyclic) bond motifs is 1. The van der Waals surface area contributed by atoms with Crippen LogP contribution in [0.2, 0.25) is 0 Å². The molecule has 1 aliphatic heterocycles. The Labute approximate surface area is 208 Å². The number of carbonyl (C=O) groups is 2. The Morgan fingerprint density at radius 2 is 1.91 bits per heavy atom. The van der Waals surface area contributed by atoms with Crippen molar-refractivity contribution in [3.63, 3.8) is 0 Å². The normalized spacial score (nSPS) is 18.6. The van der Waals surface area contributed by atoms with Gasteiger partial charge in [-0.1, -0.05) is 57.5 Å². The number of Topliss-reactive ketones (excluding diaryl/α,β-unsaturated/α-hetero) is 1. The monoisotopic (exact) mass is 484 g/mol. The maximum atomic E-state index is 13.4. The number of nitrogens with one attached hydrogen (secondary N) is 1. The molecule has 192 valence electrons. The fraction of sp³-hybridized carbons (Fsp3) is 0.571. The summed E-state index contributed by atoms with van der Waals surface area (Å²) in [7, 11) is 0. The molecule has 0 radical (unpaired) electrons. The van der Waals surface area contributed by atoms with Gasteiger partial charge in [0.15, 0.2) is 0 Å². The predicted octanol–water partition coefficient (Wildman–Crippen LogP) is 5.95. The number of benzene rings is 1. The third-order valence-corrected chi connectivity index (χ3v) is 6.51. The highest BCUT2D eigenvalue weighted by Gasteiger charge is 2.37. The second kappa shape index (κ2) is 14.0. The number of aromatic nitrogens is 1. The number of likely N-dealkylation sites (tertiary alicyclic amines) is 1. The van der Waals surface area contributed by atoms with Crippen LogP contribution >= 0.6 is 0 Å². The molecule has 1 aliphatic rings. The zero-order chi connectivity index (χ0) is 25.0. The zero-order valence-electron chi connectivity index (χ0n) is 21.2. The summed E-state index contributed by atoms with van der Waals surface area (Å²) in [6.07, 6.45) is 5.95. The van der Waals surface area contributed by atoms with Gasteiger partial charge in [0.1, 0.15) is 12.4 Å². The van der Waals surface area contributed by atoms with Gasteiger partial charge in [-0.3, -0.25) is 4.79 Å². The quantitative estimate of drug-likeness (QED) is 0.281. The molecule has 7 heteroatoms. The van der Waals surface area contributed by atoms with E-state index in [-0.39, 0.29) is 24.7 Å². The first-order valence-electron chi connectivity index (χ1n) is 12.9. The third-order valence-electron chi connectivity index (χ3n) is 6.51. The second-order valence-corrected chi connectivity index (χ2v) is 9.13. The highest BCUT2D eigenvalue weighted by Crippen LogP contribution is 2.38. The van der Waals surface area contributed by atoms with Gasteiger partial charge >= 0.3 is 6.09 Å². The predicted molar refractivity (Wildman–Crippen MR) is 137 cm³/mol.